The largest absolute Gasteiger partial charge is 0.468 e. The molecule has 0 aromatic heterocycles. The van der Waals surface area contributed by atoms with Gasteiger partial charge in [-0.1, -0.05) is 23.6 Å². The SMILES string of the molecule is C#CCNC(C(=O)OC)c1ccc(F)cc1Cl. The number of carbonyl (C=O) groups is 1. The Kier molecular flexibility index (Phi) is 4.95. The molecular weight excluding hydrogens is 245 g/mol. The molecule has 0 spiro atoms. The molecule has 1 N–H and O–H groups in total. The van der Waals surface area contributed by atoms with Crippen molar-refractivity contribution in [3.05, 3.63) is 34.6 Å². The Balaban J connectivity index is 3.04. The van der Waals surface area contributed by atoms with Crippen LogP contribution in [0.3, 0.4) is 0 Å². The van der Waals surface area contributed by atoms with Gasteiger partial charge in [0.2, 0.25) is 0 Å². The molecule has 17 heavy (non-hydrogen) atoms. The van der Waals surface area contributed by atoms with E-state index < -0.39 is 17.8 Å². The number of esters is 1. The van der Waals surface area contributed by atoms with E-state index in [1.165, 1.54) is 19.2 Å². The van der Waals surface area contributed by atoms with E-state index >= 15 is 0 Å². The minimum Gasteiger partial charge on any atom is -0.468 e. The van der Waals surface area contributed by atoms with Crippen LogP contribution in [0, 0.1) is 18.2 Å². The van der Waals surface area contributed by atoms with Crippen LogP contribution in [0.5, 0.6) is 0 Å². The quantitative estimate of drug-likeness (QED) is 0.660. The lowest BCUT2D eigenvalue weighted by atomic mass is 10.1. The molecule has 0 bridgehead atoms. The zero-order chi connectivity index (χ0) is 12.8. The normalized spacial score (nSPS) is 11.6. The Morgan fingerprint density at radius 1 is 1.71 bits per heavy atom. The van der Waals surface area contributed by atoms with Crippen molar-refractivity contribution < 1.29 is 13.9 Å². The fraction of sp³-hybridized carbons (Fsp3) is 0.250. The molecule has 0 radical (unpaired) electrons. The molecule has 0 saturated carbocycles. The number of carbonyl (C=O) groups excluding carboxylic acids is 1. The number of hydrogen-bond donors (Lipinski definition) is 1. The van der Waals surface area contributed by atoms with Crippen LogP contribution in [0.1, 0.15) is 11.6 Å². The molecule has 90 valence electrons. The molecule has 0 heterocycles. The number of hydrogen-bond acceptors (Lipinski definition) is 3. The number of halogens is 2. The molecular formula is C12H11ClFNO2. The summed E-state index contributed by atoms with van der Waals surface area (Å²) in [5.74, 6) is 1.34. The van der Waals surface area contributed by atoms with E-state index in [0.717, 1.165) is 6.07 Å². The maximum atomic E-state index is 12.9. The first kappa shape index (κ1) is 13.5. The molecule has 0 fully saturated rings. The van der Waals surface area contributed by atoms with E-state index in [2.05, 4.69) is 16.0 Å². The van der Waals surface area contributed by atoms with Gasteiger partial charge in [-0.05, 0) is 17.7 Å². The highest BCUT2D eigenvalue weighted by atomic mass is 35.5. The van der Waals surface area contributed by atoms with Gasteiger partial charge in [0.05, 0.1) is 13.7 Å². The van der Waals surface area contributed by atoms with E-state index in [1.54, 1.807) is 0 Å². The van der Waals surface area contributed by atoms with Crippen LogP contribution in [0.25, 0.3) is 0 Å². The number of benzene rings is 1. The summed E-state index contributed by atoms with van der Waals surface area (Å²) in [4.78, 5) is 11.5. The molecule has 5 heteroatoms. The first-order valence-electron chi connectivity index (χ1n) is 4.79. The number of ether oxygens (including phenoxy) is 1. The molecule has 1 rings (SSSR count). The predicted octanol–water partition coefficient (Wildman–Crippen LogP) is 1.92. The van der Waals surface area contributed by atoms with Crippen molar-refractivity contribution in [2.24, 2.45) is 0 Å². The minimum absolute atomic E-state index is 0.143. The van der Waals surface area contributed by atoms with Crippen molar-refractivity contribution in [2.75, 3.05) is 13.7 Å². The first-order chi connectivity index (χ1) is 8.10. The minimum atomic E-state index is -0.802. The maximum Gasteiger partial charge on any atom is 0.327 e. The van der Waals surface area contributed by atoms with Crippen LogP contribution in [-0.2, 0) is 9.53 Å². The average Bonchev–Trinajstić information content (AvgIpc) is 2.31. The second-order valence-electron chi connectivity index (χ2n) is 3.21. The lowest BCUT2D eigenvalue weighted by molar-refractivity contribution is -0.143. The smallest absolute Gasteiger partial charge is 0.327 e. The van der Waals surface area contributed by atoms with Crippen molar-refractivity contribution >= 4 is 17.6 Å². The van der Waals surface area contributed by atoms with Gasteiger partial charge in [0.25, 0.3) is 0 Å². The van der Waals surface area contributed by atoms with Crippen molar-refractivity contribution in [1.82, 2.24) is 5.32 Å². The highest BCUT2D eigenvalue weighted by Crippen LogP contribution is 2.24. The van der Waals surface area contributed by atoms with E-state index in [0.29, 0.717) is 5.56 Å². The third-order valence-electron chi connectivity index (χ3n) is 2.12. The summed E-state index contributed by atoms with van der Waals surface area (Å²) in [6.07, 6.45) is 5.10. The molecule has 1 aromatic carbocycles. The maximum absolute atomic E-state index is 12.9. The van der Waals surface area contributed by atoms with Gasteiger partial charge in [-0.15, -0.1) is 6.42 Å². The molecule has 0 saturated heterocycles. The Labute approximate surface area is 104 Å². The second-order valence-corrected chi connectivity index (χ2v) is 3.61. The van der Waals surface area contributed by atoms with Gasteiger partial charge in [-0.2, -0.15) is 0 Å². The zero-order valence-electron chi connectivity index (χ0n) is 9.17. The van der Waals surface area contributed by atoms with Gasteiger partial charge in [0, 0.05) is 5.02 Å². The Bertz CT molecular complexity index is 456. The van der Waals surface area contributed by atoms with Crippen molar-refractivity contribution in [2.45, 2.75) is 6.04 Å². The third-order valence-corrected chi connectivity index (χ3v) is 2.45. The fourth-order valence-electron chi connectivity index (χ4n) is 1.33. The topological polar surface area (TPSA) is 38.3 Å². The van der Waals surface area contributed by atoms with Gasteiger partial charge >= 0.3 is 5.97 Å². The van der Waals surface area contributed by atoms with Crippen molar-refractivity contribution in [3.63, 3.8) is 0 Å². The number of methoxy groups -OCH3 is 1. The summed E-state index contributed by atoms with van der Waals surface area (Å²) < 4.78 is 17.5. The van der Waals surface area contributed by atoms with Crippen LogP contribution >= 0.6 is 11.6 Å². The van der Waals surface area contributed by atoms with E-state index in [9.17, 15) is 9.18 Å². The fourth-order valence-corrected chi connectivity index (χ4v) is 1.61. The lowest BCUT2D eigenvalue weighted by Gasteiger charge is -2.16. The van der Waals surface area contributed by atoms with Crippen molar-refractivity contribution in [1.29, 1.82) is 0 Å². The van der Waals surface area contributed by atoms with Crippen LogP contribution in [0.15, 0.2) is 18.2 Å². The van der Waals surface area contributed by atoms with Crippen molar-refractivity contribution in [3.8, 4) is 12.3 Å². The van der Waals surface area contributed by atoms with Crippen LogP contribution < -0.4 is 5.32 Å². The van der Waals surface area contributed by atoms with Crippen LogP contribution in [0.4, 0.5) is 4.39 Å². The van der Waals surface area contributed by atoms with Gasteiger partial charge < -0.3 is 4.74 Å². The summed E-state index contributed by atoms with van der Waals surface area (Å²) >= 11 is 5.86. The molecule has 3 nitrogen and oxygen atoms in total. The number of rotatable bonds is 4. The summed E-state index contributed by atoms with van der Waals surface area (Å²) in [5, 5.41) is 2.92. The Morgan fingerprint density at radius 2 is 2.41 bits per heavy atom. The summed E-state index contributed by atoms with van der Waals surface area (Å²) in [5.41, 5.74) is 0.426. The Hall–Kier alpha value is -1.57. The monoisotopic (exact) mass is 255 g/mol. The molecule has 0 aliphatic rings. The summed E-state index contributed by atoms with van der Waals surface area (Å²) in [6.45, 7) is 0.174. The predicted molar refractivity (Wildman–Crippen MR) is 63.0 cm³/mol. The number of terminal acetylenes is 1. The molecule has 0 amide bonds. The van der Waals surface area contributed by atoms with E-state index in [4.69, 9.17) is 18.0 Å². The molecule has 0 aliphatic heterocycles. The molecule has 1 aromatic rings. The highest BCUT2D eigenvalue weighted by molar-refractivity contribution is 6.31. The standard InChI is InChI=1S/C12H11ClFNO2/c1-3-6-15-11(12(16)17-2)9-5-4-8(14)7-10(9)13/h1,4-5,7,11,15H,6H2,2H3. The van der Waals surface area contributed by atoms with Gasteiger partial charge in [-0.25, -0.2) is 9.18 Å². The summed E-state index contributed by atoms with van der Waals surface area (Å²) in [7, 11) is 1.25. The lowest BCUT2D eigenvalue weighted by Crippen LogP contribution is -2.30. The van der Waals surface area contributed by atoms with E-state index in [-0.39, 0.29) is 11.6 Å². The molecule has 0 aliphatic carbocycles. The third kappa shape index (κ3) is 3.45. The van der Waals surface area contributed by atoms with E-state index in [1.807, 2.05) is 0 Å². The van der Waals surface area contributed by atoms with Gasteiger partial charge in [0.1, 0.15) is 11.9 Å². The number of nitrogens with one attached hydrogen (secondary N) is 1. The molecule has 1 atom stereocenters. The second kappa shape index (κ2) is 6.24. The Morgan fingerprint density at radius 3 is 2.94 bits per heavy atom. The van der Waals surface area contributed by atoms with Gasteiger partial charge in [0.15, 0.2) is 0 Å². The first-order valence-corrected chi connectivity index (χ1v) is 5.17. The molecule has 1 unspecified atom stereocenters. The van der Waals surface area contributed by atoms with Crippen LogP contribution in [-0.4, -0.2) is 19.6 Å². The van der Waals surface area contributed by atoms with Crippen LogP contribution in [0.2, 0.25) is 5.02 Å². The van der Waals surface area contributed by atoms with Gasteiger partial charge in [-0.3, -0.25) is 5.32 Å². The average molecular weight is 256 g/mol. The summed E-state index contributed by atoms with van der Waals surface area (Å²) in [6, 6.07) is 2.96. The zero-order valence-corrected chi connectivity index (χ0v) is 9.92. The highest BCUT2D eigenvalue weighted by Gasteiger charge is 2.23.